The summed E-state index contributed by atoms with van der Waals surface area (Å²) in [5.74, 6) is 0.696. The van der Waals surface area contributed by atoms with E-state index >= 15 is 0 Å². The molecule has 1 fully saturated rings. The van der Waals surface area contributed by atoms with Crippen LogP contribution < -0.4 is 19.1 Å². The summed E-state index contributed by atoms with van der Waals surface area (Å²) in [6, 6.07) is 5.09. The van der Waals surface area contributed by atoms with E-state index in [1.165, 1.54) is 0 Å². The number of hydrogen-bond donors (Lipinski definition) is 1. The molecule has 0 aromatic heterocycles. The fourth-order valence-corrected chi connectivity index (χ4v) is 3.39. The Bertz CT molecular complexity index is 700. The second-order valence-corrected chi connectivity index (χ2v) is 7.76. The lowest BCUT2D eigenvalue weighted by atomic mass is 10.2. The minimum absolute atomic E-state index is 0.0852. The number of fused-ring (bicyclic) bond motifs is 1. The zero-order chi connectivity index (χ0) is 16.4. The molecule has 1 aromatic carbocycles. The van der Waals surface area contributed by atoms with Gasteiger partial charge in [0, 0.05) is 12.1 Å². The van der Waals surface area contributed by atoms with Crippen LogP contribution in [0.5, 0.6) is 11.5 Å². The fraction of sp³-hybridized carbons (Fsp3) is 0.533. The molecule has 1 amide bonds. The van der Waals surface area contributed by atoms with E-state index in [4.69, 9.17) is 9.47 Å². The summed E-state index contributed by atoms with van der Waals surface area (Å²) in [5, 5.41) is 2.81. The summed E-state index contributed by atoms with van der Waals surface area (Å²) >= 11 is 0. The summed E-state index contributed by atoms with van der Waals surface area (Å²) in [6.45, 7) is 2.21. The summed E-state index contributed by atoms with van der Waals surface area (Å²) in [7, 11) is -3.57. The van der Waals surface area contributed by atoms with Crippen molar-refractivity contribution >= 4 is 21.6 Å². The van der Waals surface area contributed by atoms with E-state index in [-0.39, 0.29) is 24.2 Å². The molecule has 3 rings (SSSR count). The highest BCUT2D eigenvalue weighted by Crippen LogP contribution is 2.34. The number of ether oxygens (including phenoxy) is 2. The van der Waals surface area contributed by atoms with Crippen molar-refractivity contribution in [3.8, 4) is 11.5 Å². The Morgan fingerprint density at radius 2 is 1.96 bits per heavy atom. The minimum atomic E-state index is -3.57. The molecule has 1 N–H and O–H groups in total. The normalized spacial score (nSPS) is 16.7. The summed E-state index contributed by atoms with van der Waals surface area (Å²) in [5.41, 5.74) is 0.405. The number of nitrogens with zero attached hydrogens (tertiary/aromatic N) is 1. The highest BCUT2D eigenvalue weighted by Gasteiger charge is 2.28. The second kappa shape index (κ2) is 6.27. The molecule has 0 saturated heterocycles. The molecule has 0 atom stereocenters. The molecule has 0 radical (unpaired) electrons. The van der Waals surface area contributed by atoms with Crippen LogP contribution in [0.4, 0.5) is 5.69 Å². The molecule has 7 nitrogen and oxygen atoms in total. The largest absolute Gasteiger partial charge is 0.486 e. The van der Waals surface area contributed by atoms with Gasteiger partial charge in [-0.2, -0.15) is 0 Å². The van der Waals surface area contributed by atoms with Gasteiger partial charge >= 0.3 is 0 Å². The first kappa shape index (κ1) is 15.9. The van der Waals surface area contributed by atoms with E-state index in [2.05, 4.69) is 5.32 Å². The molecule has 126 valence electrons. The van der Waals surface area contributed by atoms with Gasteiger partial charge in [0.05, 0.1) is 11.4 Å². The Morgan fingerprint density at radius 3 is 2.61 bits per heavy atom. The van der Waals surface area contributed by atoms with Crippen molar-refractivity contribution in [2.45, 2.75) is 25.8 Å². The van der Waals surface area contributed by atoms with Crippen LogP contribution in [0.15, 0.2) is 18.2 Å². The maximum atomic E-state index is 12.4. The third-order valence-electron chi connectivity index (χ3n) is 3.74. The molecular weight excluding hydrogens is 320 g/mol. The van der Waals surface area contributed by atoms with Crippen LogP contribution in [0.25, 0.3) is 0 Å². The molecule has 1 heterocycles. The van der Waals surface area contributed by atoms with E-state index in [9.17, 15) is 13.2 Å². The Kier molecular flexibility index (Phi) is 4.34. The molecule has 0 unspecified atom stereocenters. The van der Waals surface area contributed by atoms with Gasteiger partial charge in [0.25, 0.3) is 0 Å². The van der Waals surface area contributed by atoms with Crippen molar-refractivity contribution in [2.24, 2.45) is 0 Å². The van der Waals surface area contributed by atoms with Crippen LogP contribution in [-0.4, -0.2) is 45.9 Å². The number of carbonyl (C=O) groups excluding carboxylic acids is 1. The molecule has 8 heteroatoms. The van der Waals surface area contributed by atoms with Gasteiger partial charge in [-0.3, -0.25) is 9.10 Å². The zero-order valence-corrected chi connectivity index (χ0v) is 13.8. The molecule has 1 aliphatic carbocycles. The molecule has 2 aliphatic rings. The smallest absolute Gasteiger partial charge is 0.240 e. The van der Waals surface area contributed by atoms with E-state index in [0.29, 0.717) is 30.4 Å². The number of sulfonamides is 1. The lowest BCUT2D eigenvalue weighted by molar-refractivity contribution is -0.119. The van der Waals surface area contributed by atoms with Crippen molar-refractivity contribution in [3.63, 3.8) is 0 Å². The van der Waals surface area contributed by atoms with Crippen LogP contribution in [-0.2, 0) is 14.8 Å². The Hall–Kier alpha value is -1.96. The lowest BCUT2D eigenvalue weighted by Gasteiger charge is -2.25. The molecule has 23 heavy (non-hydrogen) atoms. The maximum absolute atomic E-state index is 12.4. The number of rotatable bonds is 6. The third-order valence-corrected chi connectivity index (χ3v) is 5.49. The van der Waals surface area contributed by atoms with E-state index in [1.54, 1.807) is 25.1 Å². The monoisotopic (exact) mass is 340 g/mol. The van der Waals surface area contributed by atoms with Gasteiger partial charge in [0.1, 0.15) is 19.8 Å². The highest BCUT2D eigenvalue weighted by molar-refractivity contribution is 7.92. The van der Waals surface area contributed by atoms with Crippen molar-refractivity contribution < 1.29 is 22.7 Å². The first-order valence-corrected chi connectivity index (χ1v) is 9.30. The molecule has 1 saturated carbocycles. The molecule has 0 bridgehead atoms. The number of hydrogen-bond acceptors (Lipinski definition) is 5. The third kappa shape index (κ3) is 3.69. The van der Waals surface area contributed by atoms with Gasteiger partial charge in [-0.05, 0) is 31.9 Å². The van der Waals surface area contributed by atoms with E-state index in [1.807, 2.05) is 0 Å². The number of benzene rings is 1. The number of anilines is 1. The molecule has 0 spiro atoms. The van der Waals surface area contributed by atoms with Crippen LogP contribution in [0.2, 0.25) is 0 Å². The van der Waals surface area contributed by atoms with Gasteiger partial charge in [-0.1, -0.05) is 0 Å². The predicted octanol–water partition coefficient (Wildman–Crippen LogP) is 0.892. The van der Waals surface area contributed by atoms with Crippen LogP contribution in [0.1, 0.15) is 19.8 Å². The average Bonchev–Trinajstić information content (AvgIpc) is 3.36. The first-order chi connectivity index (χ1) is 11.0. The lowest BCUT2D eigenvalue weighted by Crippen LogP contribution is -2.42. The molecule has 1 aromatic rings. The van der Waals surface area contributed by atoms with Crippen LogP contribution >= 0.6 is 0 Å². The van der Waals surface area contributed by atoms with Gasteiger partial charge in [0.15, 0.2) is 11.5 Å². The number of carbonyl (C=O) groups is 1. The first-order valence-electron chi connectivity index (χ1n) is 7.69. The summed E-state index contributed by atoms with van der Waals surface area (Å²) in [6.07, 6.45) is 1.91. The number of nitrogens with one attached hydrogen (secondary N) is 1. The molecule has 1 aliphatic heterocycles. The SMILES string of the molecule is CCS(=O)(=O)N(CC(=O)NC1CC1)c1ccc2c(c1)OCCO2. The summed E-state index contributed by atoms with van der Waals surface area (Å²) in [4.78, 5) is 12.1. The van der Waals surface area contributed by atoms with E-state index < -0.39 is 10.0 Å². The van der Waals surface area contributed by atoms with Crippen LogP contribution in [0, 0.1) is 0 Å². The Morgan fingerprint density at radius 1 is 1.26 bits per heavy atom. The van der Waals surface area contributed by atoms with Crippen molar-refractivity contribution in [1.82, 2.24) is 5.32 Å². The zero-order valence-electron chi connectivity index (χ0n) is 12.9. The van der Waals surface area contributed by atoms with Crippen molar-refractivity contribution in [2.75, 3.05) is 29.8 Å². The average molecular weight is 340 g/mol. The van der Waals surface area contributed by atoms with Gasteiger partial charge in [0.2, 0.25) is 15.9 Å². The van der Waals surface area contributed by atoms with E-state index in [0.717, 1.165) is 17.1 Å². The maximum Gasteiger partial charge on any atom is 0.240 e. The molecular formula is C15H20N2O5S. The van der Waals surface area contributed by atoms with Crippen molar-refractivity contribution in [3.05, 3.63) is 18.2 Å². The predicted molar refractivity (Wildman–Crippen MR) is 85.4 cm³/mol. The van der Waals surface area contributed by atoms with Crippen molar-refractivity contribution in [1.29, 1.82) is 0 Å². The van der Waals surface area contributed by atoms with Gasteiger partial charge < -0.3 is 14.8 Å². The van der Waals surface area contributed by atoms with Gasteiger partial charge in [-0.15, -0.1) is 0 Å². The highest BCUT2D eigenvalue weighted by atomic mass is 32.2. The Labute approximate surface area is 135 Å². The number of amides is 1. The van der Waals surface area contributed by atoms with Crippen LogP contribution in [0.3, 0.4) is 0 Å². The quantitative estimate of drug-likeness (QED) is 0.831. The Balaban J connectivity index is 1.86. The standard InChI is InChI=1S/C15H20N2O5S/c1-2-23(19,20)17(10-15(18)16-11-3-4-11)12-5-6-13-14(9-12)22-8-7-21-13/h5-6,9,11H,2-4,7-8,10H2,1H3,(H,16,18). The summed E-state index contributed by atoms with van der Waals surface area (Å²) < 4.78 is 36.8. The second-order valence-electron chi connectivity index (χ2n) is 5.58. The topological polar surface area (TPSA) is 84.9 Å². The van der Waals surface area contributed by atoms with Gasteiger partial charge in [-0.25, -0.2) is 8.42 Å². The minimum Gasteiger partial charge on any atom is -0.486 e. The fourth-order valence-electron chi connectivity index (χ4n) is 2.32.